The van der Waals surface area contributed by atoms with E-state index >= 15 is 0 Å². The molecule has 2 amide bonds. The van der Waals surface area contributed by atoms with Crippen LogP contribution in [0, 0.1) is 5.92 Å². The van der Waals surface area contributed by atoms with Crippen molar-refractivity contribution in [2.45, 2.75) is 26.1 Å². The number of amides is 2. The molecule has 0 spiro atoms. The molecule has 0 saturated carbocycles. The first-order chi connectivity index (χ1) is 12.6. The molecule has 2 atom stereocenters. The standard InChI is InChI=1S/C19H20F3N3O2/c1-11(12(2)23)17(26)24-15-7-3-5-13(9-15)18(27)25-16-8-4-6-14(10-16)19(20,21)22/h3-12H,23H2,1-2H3,(H,24,26)(H,25,27). The quantitative estimate of drug-likeness (QED) is 0.737. The summed E-state index contributed by atoms with van der Waals surface area (Å²) in [5, 5.41) is 5.08. The molecule has 0 radical (unpaired) electrons. The van der Waals surface area contributed by atoms with Gasteiger partial charge in [0.05, 0.1) is 11.5 Å². The Kier molecular flexibility index (Phi) is 6.22. The molecular weight excluding hydrogens is 359 g/mol. The summed E-state index contributed by atoms with van der Waals surface area (Å²) in [7, 11) is 0. The van der Waals surface area contributed by atoms with Crippen LogP contribution in [-0.2, 0) is 11.0 Å². The number of halogens is 3. The zero-order valence-corrected chi connectivity index (χ0v) is 14.8. The van der Waals surface area contributed by atoms with Crippen LogP contribution in [0.1, 0.15) is 29.8 Å². The first-order valence-electron chi connectivity index (χ1n) is 8.23. The van der Waals surface area contributed by atoms with E-state index < -0.39 is 23.6 Å². The summed E-state index contributed by atoms with van der Waals surface area (Å²) in [4.78, 5) is 24.4. The lowest BCUT2D eigenvalue weighted by atomic mass is 10.0. The molecule has 4 N–H and O–H groups in total. The summed E-state index contributed by atoms with van der Waals surface area (Å²) in [6.07, 6.45) is -4.50. The van der Waals surface area contributed by atoms with E-state index in [4.69, 9.17) is 5.73 Å². The Balaban J connectivity index is 2.13. The third kappa shape index (κ3) is 5.55. The minimum Gasteiger partial charge on any atom is -0.327 e. The Bertz CT molecular complexity index is 835. The van der Waals surface area contributed by atoms with Gasteiger partial charge in [-0.15, -0.1) is 0 Å². The van der Waals surface area contributed by atoms with E-state index in [0.29, 0.717) is 5.69 Å². The van der Waals surface area contributed by atoms with Crippen LogP contribution in [0.2, 0.25) is 0 Å². The highest BCUT2D eigenvalue weighted by atomic mass is 19.4. The van der Waals surface area contributed by atoms with Gasteiger partial charge in [-0.3, -0.25) is 9.59 Å². The van der Waals surface area contributed by atoms with Crippen LogP contribution in [0.25, 0.3) is 0 Å². The molecule has 0 fully saturated rings. The third-order valence-electron chi connectivity index (χ3n) is 4.04. The van der Waals surface area contributed by atoms with Gasteiger partial charge in [0.25, 0.3) is 5.91 Å². The molecule has 27 heavy (non-hydrogen) atoms. The van der Waals surface area contributed by atoms with Crippen LogP contribution < -0.4 is 16.4 Å². The number of hydrogen-bond donors (Lipinski definition) is 3. The third-order valence-corrected chi connectivity index (χ3v) is 4.04. The number of benzene rings is 2. The topological polar surface area (TPSA) is 84.2 Å². The van der Waals surface area contributed by atoms with E-state index in [2.05, 4.69) is 10.6 Å². The smallest absolute Gasteiger partial charge is 0.327 e. The zero-order chi connectivity index (χ0) is 20.2. The minimum absolute atomic E-state index is 0.0230. The number of anilines is 2. The Morgan fingerprint density at radius 1 is 0.963 bits per heavy atom. The molecular formula is C19H20F3N3O2. The summed E-state index contributed by atoms with van der Waals surface area (Å²) in [5.41, 5.74) is 5.45. The monoisotopic (exact) mass is 379 g/mol. The lowest BCUT2D eigenvalue weighted by Gasteiger charge is -2.15. The highest BCUT2D eigenvalue weighted by molar-refractivity contribution is 6.05. The Labute approximate surface area is 154 Å². The van der Waals surface area contributed by atoms with Gasteiger partial charge in [-0.2, -0.15) is 13.2 Å². The molecule has 144 valence electrons. The minimum atomic E-state index is -4.50. The van der Waals surface area contributed by atoms with E-state index in [1.807, 2.05) is 0 Å². The van der Waals surface area contributed by atoms with Crippen LogP contribution >= 0.6 is 0 Å². The van der Waals surface area contributed by atoms with Gasteiger partial charge in [0.15, 0.2) is 0 Å². The van der Waals surface area contributed by atoms with E-state index in [0.717, 1.165) is 12.1 Å². The Morgan fingerprint density at radius 3 is 2.15 bits per heavy atom. The number of nitrogens with one attached hydrogen (secondary N) is 2. The Hall–Kier alpha value is -2.87. The normalized spacial score (nSPS) is 13.6. The van der Waals surface area contributed by atoms with Gasteiger partial charge in [0.1, 0.15) is 0 Å². The van der Waals surface area contributed by atoms with Crippen molar-refractivity contribution in [3.8, 4) is 0 Å². The van der Waals surface area contributed by atoms with Crippen LogP contribution in [0.15, 0.2) is 48.5 Å². The van der Waals surface area contributed by atoms with E-state index in [9.17, 15) is 22.8 Å². The summed E-state index contributed by atoms with van der Waals surface area (Å²) in [6.45, 7) is 3.40. The molecule has 0 aliphatic heterocycles. The number of hydrogen-bond acceptors (Lipinski definition) is 3. The molecule has 2 aromatic rings. The molecule has 2 aromatic carbocycles. The SMILES string of the molecule is CC(N)C(C)C(=O)Nc1cccc(C(=O)Nc2cccc(C(F)(F)F)c2)c1. The van der Waals surface area contributed by atoms with E-state index in [-0.39, 0.29) is 23.2 Å². The van der Waals surface area contributed by atoms with Crippen molar-refractivity contribution in [3.63, 3.8) is 0 Å². The molecule has 0 heterocycles. The van der Waals surface area contributed by atoms with Gasteiger partial charge in [0.2, 0.25) is 5.91 Å². The number of nitrogens with two attached hydrogens (primary N) is 1. The van der Waals surface area contributed by atoms with Crippen LogP contribution in [0.3, 0.4) is 0 Å². The highest BCUT2D eigenvalue weighted by Gasteiger charge is 2.30. The lowest BCUT2D eigenvalue weighted by molar-refractivity contribution is -0.137. The molecule has 0 aliphatic carbocycles. The molecule has 0 aromatic heterocycles. The fourth-order valence-electron chi connectivity index (χ4n) is 2.21. The number of alkyl halides is 3. The lowest BCUT2D eigenvalue weighted by Crippen LogP contribution is -2.34. The second-order valence-corrected chi connectivity index (χ2v) is 6.25. The summed E-state index contributed by atoms with van der Waals surface area (Å²) in [5.74, 6) is -1.31. The van der Waals surface area contributed by atoms with Crippen LogP contribution in [0.5, 0.6) is 0 Å². The van der Waals surface area contributed by atoms with E-state index in [1.165, 1.54) is 24.3 Å². The predicted molar refractivity (Wildman–Crippen MR) is 97.3 cm³/mol. The first-order valence-corrected chi connectivity index (χ1v) is 8.23. The van der Waals surface area contributed by atoms with Gasteiger partial charge in [0, 0.05) is 23.0 Å². The summed E-state index contributed by atoms with van der Waals surface area (Å²) < 4.78 is 38.3. The maximum Gasteiger partial charge on any atom is 0.416 e. The average Bonchev–Trinajstić information content (AvgIpc) is 2.60. The van der Waals surface area contributed by atoms with Gasteiger partial charge in [-0.05, 0) is 43.3 Å². The zero-order valence-electron chi connectivity index (χ0n) is 14.8. The van der Waals surface area contributed by atoms with Crippen LogP contribution in [-0.4, -0.2) is 17.9 Å². The van der Waals surface area contributed by atoms with Gasteiger partial charge in [-0.25, -0.2) is 0 Å². The molecule has 0 bridgehead atoms. The van der Waals surface area contributed by atoms with Crippen LogP contribution in [0.4, 0.5) is 24.5 Å². The van der Waals surface area contributed by atoms with Gasteiger partial charge >= 0.3 is 6.18 Å². The maximum absolute atomic E-state index is 12.8. The number of carbonyl (C=O) groups is 2. The average molecular weight is 379 g/mol. The summed E-state index contributed by atoms with van der Waals surface area (Å²) >= 11 is 0. The highest BCUT2D eigenvalue weighted by Crippen LogP contribution is 2.30. The molecule has 2 rings (SSSR count). The van der Waals surface area contributed by atoms with Gasteiger partial charge < -0.3 is 16.4 Å². The van der Waals surface area contributed by atoms with Crippen molar-refractivity contribution in [2.75, 3.05) is 10.6 Å². The van der Waals surface area contributed by atoms with Crippen molar-refractivity contribution >= 4 is 23.2 Å². The van der Waals surface area contributed by atoms with Gasteiger partial charge in [-0.1, -0.05) is 19.1 Å². The molecule has 5 nitrogen and oxygen atoms in total. The fourth-order valence-corrected chi connectivity index (χ4v) is 2.21. The van der Waals surface area contributed by atoms with Crippen molar-refractivity contribution < 1.29 is 22.8 Å². The summed E-state index contributed by atoms with van der Waals surface area (Å²) in [6, 6.07) is 10.1. The Morgan fingerprint density at radius 2 is 1.56 bits per heavy atom. The predicted octanol–water partition coefficient (Wildman–Crippen LogP) is 3.88. The van der Waals surface area contributed by atoms with E-state index in [1.54, 1.807) is 26.0 Å². The largest absolute Gasteiger partial charge is 0.416 e. The van der Waals surface area contributed by atoms with Crippen molar-refractivity contribution in [1.29, 1.82) is 0 Å². The van der Waals surface area contributed by atoms with Crippen molar-refractivity contribution in [2.24, 2.45) is 11.7 Å². The number of carbonyl (C=O) groups excluding carboxylic acids is 2. The second-order valence-electron chi connectivity index (χ2n) is 6.25. The molecule has 0 saturated heterocycles. The molecule has 2 unspecified atom stereocenters. The fraction of sp³-hybridized carbons (Fsp3) is 0.263. The molecule has 8 heteroatoms. The van der Waals surface area contributed by atoms with Crippen molar-refractivity contribution in [3.05, 3.63) is 59.7 Å². The second kappa shape index (κ2) is 8.22. The maximum atomic E-state index is 12.8. The first kappa shape index (κ1) is 20.4. The number of rotatable bonds is 5. The van der Waals surface area contributed by atoms with Crippen molar-refractivity contribution in [1.82, 2.24) is 0 Å². The molecule has 0 aliphatic rings.